The maximum atomic E-state index is 12.0. The Kier molecular flexibility index (Phi) is 4.76. The zero-order valence-electron chi connectivity index (χ0n) is 10.6. The van der Waals surface area contributed by atoms with Crippen molar-refractivity contribution in [3.63, 3.8) is 0 Å². The lowest BCUT2D eigenvalue weighted by Gasteiger charge is -2.35. The highest BCUT2D eigenvalue weighted by molar-refractivity contribution is 7.89. The van der Waals surface area contributed by atoms with Crippen molar-refractivity contribution < 1.29 is 8.42 Å². The molecule has 0 amide bonds. The second-order valence-electron chi connectivity index (χ2n) is 5.15. The molecule has 0 aliphatic rings. The average Bonchev–Trinajstić information content (AvgIpc) is 2.12. The molecule has 0 radical (unpaired) electrons. The van der Waals surface area contributed by atoms with Crippen LogP contribution in [0.4, 0.5) is 0 Å². The first-order chi connectivity index (χ1) is 6.55. The van der Waals surface area contributed by atoms with Gasteiger partial charge in [-0.25, -0.2) is 12.7 Å². The summed E-state index contributed by atoms with van der Waals surface area (Å²) in [5.41, 5.74) is 5.33. The SMILES string of the molecule is CC(N(C)S(=O)(=O)C(C)CN)C(C)(C)C. The van der Waals surface area contributed by atoms with E-state index in [1.54, 1.807) is 14.0 Å². The van der Waals surface area contributed by atoms with Gasteiger partial charge in [0.1, 0.15) is 0 Å². The molecular weight excluding hydrogens is 212 g/mol. The molecular formula is C10H24N2O2S. The van der Waals surface area contributed by atoms with Crippen LogP contribution < -0.4 is 5.73 Å². The number of hydrogen-bond acceptors (Lipinski definition) is 3. The fraction of sp³-hybridized carbons (Fsp3) is 1.00. The van der Waals surface area contributed by atoms with Crippen molar-refractivity contribution in [2.75, 3.05) is 13.6 Å². The lowest BCUT2D eigenvalue weighted by Crippen LogP contribution is -2.47. The maximum Gasteiger partial charge on any atom is 0.217 e. The quantitative estimate of drug-likeness (QED) is 0.793. The van der Waals surface area contributed by atoms with Gasteiger partial charge in [0.05, 0.1) is 5.25 Å². The van der Waals surface area contributed by atoms with Gasteiger partial charge in [0.2, 0.25) is 10.0 Å². The predicted octanol–water partition coefficient (Wildman–Crippen LogP) is 1.03. The van der Waals surface area contributed by atoms with Crippen LogP contribution in [-0.4, -0.2) is 37.6 Å². The van der Waals surface area contributed by atoms with Crippen molar-refractivity contribution in [1.29, 1.82) is 0 Å². The first-order valence-electron chi connectivity index (χ1n) is 5.22. The van der Waals surface area contributed by atoms with Crippen molar-refractivity contribution in [2.24, 2.45) is 11.1 Å². The average molecular weight is 236 g/mol. The molecule has 0 aromatic heterocycles. The van der Waals surface area contributed by atoms with Crippen molar-refractivity contribution in [1.82, 2.24) is 4.31 Å². The standard InChI is InChI=1S/C10H24N2O2S/c1-8(7-11)15(13,14)12(6)9(2)10(3,4)5/h8-9H,7,11H2,1-6H3. The second-order valence-corrected chi connectivity index (χ2v) is 7.56. The molecule has 5 heteroatoms. The Morgan fingerprint density at radius 1 is 1.27 bits per heavy atom. The number of rotatable bonds is 4. The van der Waals surface area contributed by atoms with Gasteiger partial charge in [-0.15, -0.1) is 0 Å². The van der Waals surface area contributed by atoms with E-state index in [4.69, 9.17) is 5.73 Å². The minimum absolute atomic E-state index is 0.0449. The molecule has 0 spiro atoms. The summed E-state index contributed by atoms with van der Waals surface area (Å²) in [6, 6.07) is -0.0449. The second kappa shape index (κ2) is 4.80. The van der Waals surface area contributed by atoms with Crippen LogP contribution in [0.1, 0.15) is 34.6 Å². The fourth-order valence-corrected chi connectivity index (χ4v) is 2.74. The van der Waals surface area contributed by atoms with Crippen LogP contribution in [0.25, 0.3) is 0 Å². The molecule has 0 bridgehead atoms. The molecule has 0 aliphatic carbocycles. The lowest BCUT2D eigenvalue weighted by molar-refractivity contribution is 0.215. The number of sulfonamides is 1. The fourth-order valence-electron chi connectivity index (χ4n) is 1.17. The first kappa shape index (κ1) is 14.9. The van der Waals surface area contributed by atoms with Gasteiger partial charge in [-0.2, -0.15) is 0 Å². The monoisotopic (exact) mass is 236 g/mol. The van der Waals surface area contributed by atoms with E-state index in [1.807, 2.05) is 27.7 Å². The van der Waals surface area contributed by atoms with Crippen LogP contribution in [0.15, 0.2) is 0 Å². The van der Waals surface area contributed by atoms with Crippen molar-refractivity contribution >= 4 is 10.0 Å². The Hall–Kier alpha value is -0.130. The van der Waals surface area contributed by atoms with Crippen LogP contribution in [-0.2, 0) is 10.0 Å². The third kappa shape index (κ3) is 3.43. The van der Waals surface area contributed by atoms with Crippen LogP contribution in [0.5, 0.6) is 0 Å². The summed E-state index contributed by atoms with van der Waals surface area (Å²) in [6.07, 6.45) is 0. The van der Waals surface area contributed by atoms with E-state index in [0.29, 0.717) is 0 Å². The van der Waals surface area contributed by atoms with E-state index >= 15 is 0 Å². The topological polar surface area (TPSA) is 63.4 Å². The summed E-state index contributed by atoms with van der Waals surface area (Å²) in [5.74, 6) is 0. The predicted molar refractivity (Wildman–Crippen MR) is 64.1 cm³/mol. The maximum absolute atomic E-state index is 12.0. The molecule has 2 atom stereocenters. The van der Waals surface area contributed by atoms with E-state index in [-0.39, 0.29) is 18.0 Å². The third-order valence-corrected chi connectivity index (χ3v) is 5.37. The molecule has 0 aromatic rings. The molecule has 0 aromatic carbocycles. The Balaban J connectivity index is 4.94. The van der Waals surface area contributed by atoms with Crippen molar-refractivity contribution in [3.05, 3.63) is 0 Å². The van der Waals surface area contributed by atoms with E-state index < -0.39 is 15.3 Å². The highest BCUT2D eigenvalue weighted by atomic mass is 32.2. The summed E-state index contributed by atoms with van der Waals surface area (Å²) in [5, 5.41) is -0.521. The molecule has 4 nitrogen and oxygen atoms in total. The van der Waals surface area contributed by atoms with Crippen LogP contribution in [0, 0.1) is 5.41 Å². The molecule has 0 fully saturated rings. The largest absolute Gasteiger partial charge is 0.329 e. The molecule has 15 heavy (non-hydrogen) atoms. The summed E-state index contributed by atoms with van der Waals surface area (Å²) >= 11 is 0. The smallest absolute Gasteiger partial charge is 0.217 e. The lowest BCUT2D eigenvalue weighted by atomic mass is 9.88. The molecule has 0 saturated carbocycles. The molecule has 2 N–H and O–H groups in total. The van der Waals surface area contributed by atoms with Gasteiger partial charge in [-0.3, -0.25) is 0 Å². The van der Waals surface area contributed by atoms with Gasteiger partial charge in [-0.05, 0) is 19.3 Å². The van der Waals surface area contributed by atoms with Gasteiger partial charge in [0.25, 0.3) is 0 Å². The van der Waals surface area contributed by atoms with Gasteiger partial charge >= 0.3 is 0 Å². The van der Waals surface area contributed by atoms with Crippen molar-refractivity contribution in [3.8, 4) is 0 Å². The van der Waals surface area contributed by atoms with Gasteiger partial charge in [-0.1, -0.05) is 20.8 Å². The highest BCUT2D eigenvalue weighted by Gasteiger charge is 2.33. The van der Waals surface area contributed by atoms with Crippen LogP contribution in [0.2, 0.25) is 0 Å². The van der Waals surface area contributed by atoms with Crippen molar-refractivity contribution in [2.45, 2.75) is 45.9 Å². The Bertz CT molecular complexity index is 293. The Labute approximate surface area is 93.9 Å². The number of nitrogens with two attached hydrogens (primary N) is 1. The molecule has 0 rings (SSSR count). The minimum Gasteiger partial charge on any atom is -0.329 e. The summed E-state index contributed by atoms with van der Waals surface area (Å²) in [6.45, 7) is 9.79. The van der Waals surface area contributed by atoms with Gasteiger partial charge in [0, 0.05) is 19.6 Å². The summed E-state index contributed by atoms with van der Waals surface area (Å²) < 4.78 is 25.4. The Morgan fingerprint density at radius 3 is 1.93 bits per heavy atom. The first-order valence-corrected chi connectivity index (χ1v) is 6.72. The van der Waals surface area contributed by atoms with E-state index in [0.717, 1.165) is 0 Å². The zero-order valence-corrected chi connectivity index (χ0v) is 11.4. The number of nitrogens with zero attached hydrogens (tertiary/aromatic N) is 1. The number of hydrogen-bond donors (Lipinski definition) is 1. The van der Waals surface area contributed by atoms with Gasteiger partial charge in [0.15, 0.2) is 0 Å². The van der Waals surface area contributed by atoms with Gasteiger partial charge < -0.3 is 5.73 Å². The summed E-state index contributed by atoms with van der Waals surface area (Å²) in [7, 11) is -1.64. The zero-order chi connectivity index (χ0) is 12.4. The van der Waals surface area contributed by atoms with E-state index in [9.17, 15) is 8.42 Å². The normalized spacial score (nSPS) is 17.9. The molecule has 0 aliphatic heterocycles. The van der Waals surface area contributed by atoms with Crippen LogP contribution >= 0.6 is 0 Å². The molecule has 0 saturated heterocycles. The highest BCUT2D eigenvalue weighted by Crippen LogP contribution is 2.25. The third-order valence-electron chi connectivity index (χ3n) is 3.04. The minimum atomic E-state index is -3.26. The summed E-state index contributed by atoms with van der Waals surface area (Å²) in [4.78, 5) is 0. The molecule has 0 heterocycles. The van der Waals surface area contributed by atoms with Crippen LogP contribution in [0.3, 0.4) is 0 Å². The van der Waals surface area contributed by atoms with E-state index in [2.05, 4.69) is 0 Å². The molecule has 92 valence electrons. The Morgan fingerprint density at radius 2 is 1.67 bits per heavy atom. The van der Waals surface area contributed by atoms with E-state index in [1.165, 1.54) is 4.31 Å². The molecule has 2 unspecified atom stereocenters.